The highest BCUT2D eigenvalue weighted by Crippen LogP contribution is 2.42. The van der Waals surface area contributed by atoms with Crippen LogP contribution in [-0.2, 0) is 6.42 Å². The summed E-state index contributed by atoms with van der Waals surface area (Å²) in [4.78, 5) is 0.119. The van der Waals surface area contributed by atoms with Gasteiger partial charge in [0.25, 0.3) is 0 Å². The van der Waals surface area contributed by atoms with Crippen molar-refractivity contribution in [3.05, 3.63) is 57.0 Å². The number of methoxy groups -OCH3 is 2. The van der Waals surface area contributed by atoms with Gasteiger partial charge in [0.05, 0.1) is 14.2 Å². The molecule has 0 spiro atoms. The molecule has 0 fully saturated rings. The van der Waals surface area contributed by atoms with Crippen LogP contribution in [0.1, 0.15) is 16.0 Å². The van der Waals surface area contributed by atoms with E-state index in [9.17, 15) is 0 Å². The minimum absolute atomic E-state index is 0.119. The largest absolute Gasteiger partial charge is 0.495 e. The molecule has 0 radical (unpaired) electrons. The average molecular weight is 435 g/mol. The van der Waals surface area contributed by atoms with Gasteiger partial charge in [0.15, 0.2) is 0 Å². The Morgan fingerprint density at radius 2 is 1.90 bits per heavy atom. The summed E-state index contributed by atoms with van der Waals surface area (Å²) in [6, 6.07) is 11.8. The lowest BCUT2D eigenvalue weighted by Gasteiger charge is -2.17. The summed E-state index contributed by atoms with van der Waals surface area (Å²) in [7, 11) is 3.29. The van der Waals surface area contributed by atoms with Crippen molar-refractivity contribution in [3.63, 3.8) is 0 Å². The van der Waals surface area contributed by atoms with Crippen molar-refractivity contribution in [2.75, 3.05) is 14.2 Å². The van der Waals surface area contributed by atoms with Crippen molar-refractivity contribution in [1.82, 2.24) is 0 Å². The zero-order chi connectivity index (χ0) is 15.4. The summed E-state index contributed by atoms with van der Waals surface area (Å²) in [5.41, 5.74) is 2.23. The van der Waals surface area contributed by atoms with Crippen LogP contribution in [0.15, 0.2) is 40.9 Å². The first kappa shape index (κ1) is 16.7. The molecule has 0 bridgehead atoms. The fourth-order valence-corrected chi connectivity index (χ4v) is 3.78. The van der Waals surface area contributed by atoms with Gasteiger partial charge in [-0.2, -0.15) is 0 Å². The molecular formula is C16H15Br2ClO2. The molecule has 0 aromatic heterocycles. The third-order valence-electron chi connectivity index (χ3n) is 3.16. The van der Waals surface area contributed by atoms with Gasteiger partial charge in [-0.25, -0.2) is 0 Å². The molecule has 1 unspecified atom stereocenters. The Morgan fingerprint density at radius 3 is 2.52 bits per heavy atom. The topological polar surface area (TPSA) is 18.5 Å². The third kappa shape index (κ3) is 3.93. The maximum atomic E-state index is 6.03. The Labute approximate surface area is 146 Å². The summed E-state index contributed by atoms with van der Waals surface area (Å²) in [5.74, 6) is 1.52. The fourth-order valence-electron chi connectivity index (χ4n) is 2.15. The normalized spacial score (nSPS) is 12.0. The quantitative estimate of drug-likeness (QED) is 0.554. The molecule has 1 atom stereocenters. The molecule has 0 aliphatic heterocycles. The van der Waals surface area contributed by atoms with Crippen LogP contribution in [-0.4, -0.2) is 14.2 Å². The smallest absolute Gasteiger partial charge is 0.141 e. The monoisotopic (exact) mass is 432 g/mol. The van der Waals surface area contributed by atoms with E-state index in [0.29, 0.717) is 0 Å². The van der Waals surface area contributed by atoms with Gasteiger partial charge in [0.1, 0.15) is 16.0 Å². The van der Waals surface area contributed by atoms with Crippen molar-refractivity contribution in [3.8, 4) is 11.5 Å². The zero-order valence-corrected chi connectivity index (χ0v) is 15.6. The molecule has 2 rings (SSSR count). The maximum Gasteiger partial charge on any atom is 0.141 e. The predicted molar refractivity (Wildman–Crippen MR) is 94.1 cm³/mol. The molecule has 112 valence electrons. The number of ether oxygens (including phenoxy) is 2. The van der Waals surface area contributed by atoms with E-state index >= 15 is 0 Å². The van der Waals surface area contributed by atoms with Crippen molar-refractivity contribution in [2.24, 2.45) is 0 Å². The number of hydrogen-bond acceptors (Lipinski definition) is 2. The molecule has 21 heavy (non-hydrogen) atoms. The number of halogens is 3. The van der Waals surface area contributed by atoms with E-state index in [-0.39, 0.29) is 4.83 Å². The number of hydrogen-bond donors (Lipinski definition) is 0. The van der Waals surface area contributed by atoms with Crippen LogP contribution in [0.25, 0.3) is 0 Å². The number of rotatable bonds is 5. The molecule has 0 N–H and O–H groups in total. The molecule has 0 amide bonds. The van der Waals surface area contributed by atoms with E-state index in [1.54, 1.807) is 14.2 Å². The number of benzene rings is 2. The van der Waals surface area contributed by atoms with Crippen molar-refractivity contribution in [2.45, 2.75) is 11.2 Å². The fraction of sp³-hybridized carbons (Fsp3) is 0.250. The second-order valence-electron chi connectivity index (χ2n) is 4.51. The summed E-state index contributed by atoms with van der Waals surface area (Å²) in [5, 5.41) is 0.745. The predicted octanol–water partition coefficient (Wildman–Crippen LogP) is 5.80. The Morgan fingerprint density at radius 1 is 1.14 bits per heavy atom. The van der Waals surface area contributed by atoms with Crippen LogP contribution < -0.4 is 9.47 Å². The summed E-state index contributed by atoms with van der Waals surface area (Å²) in [6.07, 6.45) is 0.815. The summed E-state index contributed by atoms with van der Waals surface area (Å²) >= 11 is 13.3. The highest BCUT2D eigenvalue weighted by Gasteiger charge is 2.19. The molecule has 2 aromatic carbocycles. The highest BCUT2D eigenvalue weighted by atomic mass is 79.9. The molecule has 2 nitrogen and oxygen atoms in total. The van der Waals surface area contributed by atoms with Gasteiger partial charge in [-0.3, -0.25) is 0 Å². The van der Waals surface area contributed by atoms with Crippen LogP contribution in [0.4, 0.5) is 0 Å². The third-order valence-corrected chi connectivity index (χ3v) is 4.96. The lowest BCUT2D eigenvalue weighted by molar-refractivity contribution is 0.386. The van der Waals surface area contributed by atoms with Gasteiger partial charge < -0.3 is 9.47 Å². The standard InChI is InChI=1S/C16H15Br2ClO2/c1-20-14-7-6-12(16(21-2)15(14)18)13(17)9-10-4-3-5-11(19)8-10/h3-8,13H,9H2,1-2H3. The van der Waals surface area contributed by atoms with Gasteiger partial charge in [0, 0.05) is 15.4 Å². The van der Waals surface area contributed by atoms with E-state index in [4.69, 9.17) is 21.1 Å². The van der Waals surface area contributed by atoms with Gasteiger partial charge in [-0.1, -0.05) is 45.7 Å². The Hall–Kier alpha value is -0.710. The molecule has 0 saturated heterocycles. The molecule has 0 aliphatic carbocycles. The lowest BCUT2D eigenvalue weighted by atomic mass is 10.0. The zero-order valence-electron chi connectivity index (χ0n) is 11.7. The Balaban J connectivity index is 2.30. The minimum Gasteiger partial charge on any atom is -0.495 e. The second kappa shape index (κ2) is 7.52. The second-order valence-corrected chi connectivity index (χ2v) is 6.84. The lowest BCUT2D eigenvalue weighted by Crippen LogP contribution is -2.00. The van der Waals surface area contributed by atoms with Crippen LogP contribution in [0.3, 0.4) is 0 Å². The van der Waals surface area contributed by atoms with Crippen LogP contribution in [0.5, 0.6) is 11.5 Å². The Bertz CT molecular complexity index is 632. The number of alkyl halides is 1. The SMILES string of the molecule is COc1ccc(C(Br)Cc2cccc(Cl)c2)c(OC)c1Br. The summed E-state index contributed by atoms with van der Waals surface area (Å²) in [6.45, 7) is 0. The van der Waals surface area contributed by atoms with E-state index in [1.807, 2.05) is 30.3 Å². The van der Waals surface area contributed by atoms with Crippen molar-refractivity contribution in [1.29, 1.82) is 0 Å². The van der Waals surface area contributed by atoms with Gasteiger partial charge in [-0.05, 0) is 46.1 Å². The Kier molecular flexibility index (Phi) is 5.97. The van der Waals surface area contributed by atoms with Gasteiger partial charge in [-0.15, -0.1) is 0 Å². The molecule has 5 heteroatoms. The van der Waals surface area contributed by atoms with E-state index in [0.717, 1.165) is 33.0 Å². The minimum atomic E-state index is 0.119. The molecule has 0 heterocycles. The van der Waals surface area contributed by atoms with Crippen LogP contribution >= 0.6 is 43.5 Å². The van der Waals surface area contributed by atoms with Crippen LogP contribution in [0.2, 0.25) is 5.02 Å². The molecule has 2 aromatic rings. The van der Waals surface area contributed by atoms with Gasteiger partial charge in [0.2, 0.25) is 0 Å². The van der Waals surface area contributed by atoms with E-state index in [1.165, 1.54) is 5.56 Å². The maximum absolute atomic E-state index is 6.03. The highest BCUT2D eigenvalue weighted by molar-refractivity contribution is 9.10. The first-order valence-electron chi connectivity index (χ1n) is 6.35. The first-order chi connectivity index (χ1) is 10.1. The van der Waals surface area contributed by atoms with Crippen molar-refractivity contribution < 1.29 is 9.47 Å². The summed E-state index contributed by atoms with van der Waals surface area (Å²) < 4.78 is 11.6. The van der Waals surface area contributed by atoms with Crippen molar-refractivity contribution >= 4 is 43.5 Å². The van der Waals surface area contributed by atoms with E-state index in [2.05, 4.69) is 37.9 Å². The van der Waals surface area contributed by atoms with Gasteiger partial charge >= 0.3 is 0 Å². The molecule has 0 saturated carbocycles. The first-order valence-corrected chi connectivity index (χ1v) is 8.44. The molecular weight excluding hydrogens is 419 g/mol. The van der Waals surface area contributed by atoms with E-state index < -0.39 is 0 Å². The molecule has 0 aliphatic rings. The van der Waals surface area contributed by atoms with Crippen LogP contribution in [0, 0.1) is 0 Å². The average Bonchev–Trinajstić information content (AvgIpc) is 2.46.